The molecule has 1 saturated heterocycles. The Kier molecular flexibility index (Phi) is 7.10. The summed E-state index contributed by atoms with van der Waals surface area (Å²) < 4.78 is 10.6. The van der Waals surface area contributed by atoms with E-state index < -0.39 is 0 Å². The highest BCUT2D eigenvalue weighted by molar-refractivity contribution is 6.03. The van der Waals surface area contributed by atoms with Crippen LogP contribution in [0.3, 0.4) is 0 Å². The molecular formula is C26H29N3O4. The highest BCUT2D eigenvalue weighted by Crippen LogP contribution is 2.27. The van der Waals surface area contributed by atoms with E-state index in [4.69, 9.17) is 9.15 Å². The van der Waals surface area contributed by atoms with Crippen molar-refractivity contribution in [3.8, 4) is 5.75 Å². The molecule has 0 bridgehead atoms. The Morgan fingerprint density at radius 3 is 2.61 bits per heavy atom. The first-order chi connectivity index (χ1) is 16.0. The van der Waals surface area contributed by atoms with Crippen LogP contribution in [0, 0.1) is 6.92 Å². The van der Waals surface area contributed by atoms with Gasteiger partial charge in [0.2, 0.25) is 0 Å². The van der Waals surface area contributed by atoms with Crippen molar-refractivity contribution < 1.29 is 18.7 Å². The SMILES string of the molecule is COc1cccc(C(CNC(=O)c2ccc(C)c(NC(=O)c3ccco3)c2)N2CCCC2)c1. The monoisotopic (exact) mass is 447 g/mol. The molecule has 7 heteroatoms. The lowest BCUT2D eigenvalue weighted by atomic mass is 10.0. The normalized spacial score (nSPS) is 14.6. The van der Waals surface area contributed by atoms with E-state index in [1.165, 1.54) is 6.26 Å². The Bertz CT molecular complexity index is 1100. The third kappa shape index (κ3) is 5.43. The van der Waals surface area contributed by atoms with Gasteiger partial charge in [-0.15, -0.1) is 0 Å². The molecule has 7 nitrogen and oxygen atoms in total. The summed E-state index contributed by atoms with van der Waals surface area (Å²) in [4.78, 5) is 27.8. The second-order valence-electron chi connectivity index (χ2n) is 8.21. The lowest BCUT2D eigenvalue weighted by molar-refractivity contribution is 0.0936. The van der Waals surface area contributed by atoms with Gasteiger partial charge in [0, 0.05) is 17.8 Å². The van der Waals surface area contributed by atoms with Crippen molar-refractivity contribution in [1.82, 2.24) is 10.2 Å². The molecule has 4 rings (SSSR count). The fourth-order valence-corrected chi connectivity index (χ4v) is 4.14. The van der Waals surface area contributed by atoms with Crippen LogP contribution in [0.2, 0.25) is 0 Å². The van der Waals surface area contributed by atoms with E-state index in [0.717, 1.165) is 42.8 Å². The summed E-state index contributed by atoms with van der Waals surface area (Å²) in [7, 11) is 1.66. The predicted molar refractivity (Wildman–Crippen MR) is 127 cm³/mol. The number of methoxy groups -OCH3 is 1. The zero-order chi connectivity index (χ0) is 23.2. The third-order valence-electron chi connectivity index (χ3n) is 6.01. The third-order valence-corrected chi connectivity index (χ3v) is 6.01. The number of aryl methyl sites for hydroxylation is 1. The molecule has 1 aromatic heterocycles. The van der Waals surface area contributed by atoms with Crippen molar-refractivity contribution in [2.24, 2.45) is 0 Å². The Hall–Kier alpha value is -3.58. The van der Waals surface area contributed by atoms with Gasteiger partial charge >= 0.3 is 0 Å². The van der Waals surface area contributed by atoms with Crippen molar-refractivity contribution >= 4 is 17.5 Å². The number of anilines is 1. The Morgan fingerprint density at radius 1 is 1.06 bits per heavy atom. The summed E-state index contributed by atoms with van der Waals surface area (Å²) in [6.45, 7) is 4.37. The van der Waals surface area contributed by atoms with Gasteiger partial charge in [0.05, 0.1) is 19.4 Å². The second kappa shape index (κ2) is 10.4. The Labute approximate surface area is 193 Å². The van der Waals surface area contributed by atoms with Crippen LogP contribution < -0.4 is 15.4 Å². The fourth-order valence-electron chi connectivity index (χ4n) is 4.14. The summed E-state index contributed by atoms with van der Waals surface area (Å²) in [5.74, 6) is 0.484. The number of nitrogens with zero attached hydrogens (tertiary/aromatic N) is 1. The minimum Gasteiger partial charge on any atom is -0.497 e. The van der Waals surface area contributed by atoms with Gasteiger partial charge in [-0.3, -0.25) is 14.5 Å². The summed E-state index contributed by atoms with van der Waals surface area (Å²) in [6, 6.07) is 16.6. The van der Waals surface area contributed by atoms with Crippen molar-refractivity contribution in [2.75, 3.05) is 32.1 Å². The molecule has 0 aliphatic carbocycles. The molecule has 33 heavy (non-hydrogen) atoms. The number of hydrogen-bond donors (Lipinski definition) is 2. The second-order valence-corrected chi connectivity index (χ2v) is 8.21. The quantitative estimate of drug-likeness (QED) is 0.534. The van der Waals surface area contributed by atoms with E-state index in [1.54, 1.807) is 31.4 Å². The van der Waals surface area contributed by atoms with Crippen molar-refractivity contribution in [1.29, 1.82) is 0 Å². The van der Waals surface area contributed by atoms with Crippen molar-refractivity contribution in [3.63, 3.8) is 0 Å². The van der Waals surface area contributed by atoms with Crippen LogP contribution in [0.25, 0.3) is 0 Å². The Morgan fingerprint density at radius 2 is 1.88 bits per heavy atom. The van der Waals surface area contributed by atoms with Gasteiger partial charge in [0.1, 0.15) is 5.75 Å². The minimum atomic E-state index is -0.354. The smallest absolute Gasteiger partial charge is 0.291 e. The van der Waals surface area contributed by atoms with Crippen LogP contribution in [0.4, 0.5) is 5.69 Å². The summed E-state index contributed by atoms with van der Waals surface area (Å²) >= 11 is 0. The first-order valence-electron chi connectivity index (χ1n) is 11.2. The predicted octanol–water partition coefficient (Wildman–Crippen LogP) is 4.42. The van der Waals surface area contributed by atoms with E-state index in [-0.39, 0.29) is 23.6 Å². The largest absolute Gasteiger partial charge is 0.497 e. The molecule has 3 aromatic rings. The average molecular weight is 448 g/mol. The van der Waals surface area contributed by atoms with E-state index in [1.807, 2.05) is 31.2 Å². The number of benzene rings is 2. The lowest BCUT2D eigenvalue weighted by Crippen LogP contribution is -2.36. The number of rotatable bonds is 8. The van der Waals surface area contributed by atoms with Gasteiger partial charge in [0.15, 0.2) is 5.76 Å². The molecular weight excluding hydrogens is 418 g/mol. The first kappa shape index (κ1) is 22.6. The number of carbonyl (C=O) groups excluding carboxylic acids is 2. The van der Waals surface area contributed by atoms with E-state index in [2.05, 4.69) is 21.6 Å². The minimum absolute atomic E-state index is 0.0649. The highest BCUT2D eigenvalue weighted by Gasteiger charge is 2.24. The zero-order valence-electron chi connectivity index (χ0n) is 19.0. The van der Waals surface area contributed by atoms with Gasteiger partial charge in [0.25, 0.3) is 11.8 Å². The number of ether oxygens (including phenoxy) is 1. The lowest BCUT2D eigenvalue weighted by Gasteiger charge is -2.28. The topological polar surface area (TPSA) is 83.8 Å². The summed E-state index contributed by atoms with van der Waals surface area (Å²) in [5, 5.41) is 5.91. The maximum atomic E-state index is 13.0. The molecule has 1 atom stereocenters. The molecule has 2 aromatic carbocycles. The number of likely N-dealkylation sites (tertiary alicyclic amines) is 1. The van der Waals surface area contributed by atoms with Crippen LogP contribution in [-0.2, 0) is 0 Å². The van der Waals surface area contributed by atoms with Gasteiger partial charge in [-0.05, 0) is 80.4 Å². The number of nitrogens with one attached hydrogen (secondary N) is 2. The molecule has 0 spiro atoms. The van der Waals surface area contributed by atoms with Crippen LogP contribution in [0.5, 0.6) is 5.75 Å². The zero-order valence-corrected chi connectivity index (χ0v) is 19.0. The van der Waals surface area contributed by atoms with E-state index >= 15 is 0 Å². The van der Waals surface area contributed by atoms with Crippen LogP contribution in [0.1, 0.15) is 50.9 Å². The molecule has 1 fully saturated rings. The number of carbonyl (C=O) groups is 2. The number of hydrogen-bond acceptors (Lipinski definition) is 5. The fraction of sp³-hybridized carbons (Fsp3) is 0.308. The number of amides is 2. The number of furan rings is 1. The van der Waals surface area contributed by atoms with E-state index in [9.17, 15) is 9.59 Å². The van der Waals surface area contributed by atoms with Gasteiger partial charge < -0.3 is 19.8 Å². The van der Waals surface area contributed by atoms with Gasteiger partial charge in [-0.25, -0.2) is 0 Å². The van der Waals surface area contributed by atoms with Gasteiger partial charge in [-0.2, -0.15) is 0 Å². The average Bonchev–Trinajstić information content (AvgIpc) is 3.55. The molecule has 0 saturated carbocycles. The molecule has 1 aliphatic heterocycles. The standard InChI is InChI=1S/C26H29N3O4/c1-18-10-11-20(16-22(18)28-26(31)24-9-6-14-33-24)25(30)27-17-23(29-12-3-4-13-29)19-7-5-8-21(15-19)32-2/h5-11,14-16,23H,3-4,12-13,17H2,1-2H3,(H,27,30)(H,28,31). The Balaban J connectivity index is 1.47. The molecule has 0 radical (unpaired) electrons. The van der Waals surface area contributed by atoms with Crippen LogP contribution >= 0.6 is 0 Å². The molecule has 172 valence electrons. The molecule has 2 amide bonds. The first-order valence-corrected chi connectivity index (χ1v) is 11.2. The van der Waals surface area contributed by atoms with Crippen molar-refractivity contribution in [3.05, 3.63) is 83.3 Å². The molecule has 1 aliphatic rings. The molecule has 1 unspecified atom stereocenters. The maximum Gasteiger partial charge on any atom is 0.291 e. The summed E-state index contributed by atoms with van der Waals surface area (Å²) in [6.07, 6.45) is 3.76. The van der Waals surface area contributed by atoms with E-state index in [0.29, 0.717) is 17.8 Å². The molecule has 2 heterocycles. The van der Waals surface area contributed by atoms with Crippen LogP contribution in [0.15, 0.2) is 65.3 Å². The maximum absolute atomic E-state index is 13.0. The van der Waals surface area contributed by atoms with Gasteiger partial charge in [-0.1, -0.05) is 18.2 Å². The van der Waals surface area contributed by atoms with Crippen LogP contribution in [-0.4, -0.2) is 43.5 Å². The highest BCUT2D eigenvalue weighted by atomic mass is 16.5. The molecule has 2 N–H and O–H groups in total. The van der Waals surface area contributed by atoms with Crippen molar-refractivity contribution in [2.45, 2.75) is 25.8 Å². The summed E-state index contributed by atoms with van der Waals surface area (Å²) in [5.41, 5.74) is 3.04.